The molecule has 1 saturated heterocycles. The number of rotatable bonds is 9. The number of carbonyl (C=O) groups is 1. The van der Waals surface area contributed by atoms with Gasteiger partial charge in [0.15, 0.2) is 0 Å². The second kappa shape index (κ2) is 15.2. The number of hydrogen-bond acceptors (Lipinski definition) is 8. The van der Waals surface area contributed by atoms with Gasteiger partial charge >= 0.3 is 12.3 Å². The van der Waals surface area contributed by atoms with Crippen molar-refractivity contribution in [1.82, 2.24) is 19.9 Å². The molecule has 10 nitrogen and oxygen atoms in total. The molecule has 3 heterocycles. The Morgan fingerprint density at radius 3 is 2.38 bits per heavy atom. The highest BCUT2D eigenvalue weighted by molar-refractivity contribution is 5.86. The van der Waals surface area contributed by atoms with Crippen molar-refractivity contribution in [3.63, 3.8) is 0 Å². The van der Waals surface area contributed by atoms with Crippen LogP contribution in [0.1, 0.15) is 49.1 Å². The molecule has 0 bridgehead atoms. The van der Waals surface area contributed by atoms with Crippen molar-refractivity contribution in [3.05, 3.63) is 95.7 Å². The summed E-state index contributed by atoms with van der Waals surface area (Å²) in [6.07, 6.45) is -0.255. The summed E-state index contributed by atoms with van der Waals surface area (Å²) in [6, 6.07) is 11.1. The number of alkyl halides is 3. The molecule has 0 saturated carbocycles. The van der Waals surface area contributed by atoms with Crippen LogP contribution in [0.5, 0.6) is 5.75 Å². The SMILES string of the molecule is CC(C)(C)OC(=O)N(Cc1ccc(C(F)(F)F)cc1)c1ccc(C(O)c2ccc(OCCN3CCOCC3)c[nH]cnc2)cn1. The lowest BCUT2D eigenvalue weighted by atomic mass is 10.1. The Morgan fingerprint density at radius 2 is 1.73 bits per heavy atom. The van der Waals surface area contributed by atoms with E-state index in [0.29, 0.717) is 42.3 Å². The minimum Gasteiger partial charge on any atom is -0.491 e. The average molecular weight is 630 g/mol. The predicted octanol–water partition coefficient (Wildman–Crippen LogP) is 5.68. The summed E-state index contributed by atoms with van der Waals surface area (Å²) in [5.74, 6) is 0.750. The van der Waals surface area contributed by atoms with Crippen LogP contribution in [0.25, 0.3) is 0 Å². The Hall–Kier alpha value is -4.20. The smallest absolute Gasteiger partial charge is 0.416 e. The van der Waals surface area contributed by atoms with Crippen LogP contribution in [0.2, 0.25) is 0 Å². The fourth-order valence-electron chi connectivity index (χ4n) is 4.37. The van der Waals surface area contributed by atoms with Crippen molar-refractivity contribution in [3.8, 4) is 5.75 Å². The van der Waals surface area contributed by atoms with E-state index in [1.165, 1.54) is 41.8 Å². The van der Waals surface area contributed by atoms with Gasteiger partial charge < -0.3 is 24.3 Å². The second-order valence-electron chi connectivity index (χ2n) is 11.4. The first kappa shape index (κ1) is 33.7. The van der Waals surface area contributed by atoms with Gasteiger partial charge in [0.1, 0.15) is 29.9 Å². The monoisotopic (exact) mass is 629 g/mol. The number of morpholine rings is 1. The molecule has 13 heteroatoms. The van der Waals surface area contributed by atoms with Gasteiger partial charge in [0, 0.05) is 49.4 Å². The molecule has 0 spiro atoms. The molecule has 0 aliphatic carbocycles. The Kier molecular flexibility index (Phi) is 11.4. The summed E-state index contributed by atoms with van der Waals surface area (Å²) in [5, 5.41) is 11.2. The third kappa shape index (κ3) is 10.4. The number of H-pyrrole nitrogens is 1. The molecule has 1 unspecified atom stereocenters. The number of pyridine rings is 1. The first-order chi connectivity index (χ1) is 21.4. The number of anilines is 1. The van der Waals surface area contributed by atoms with Crippen LogP contribution >= 0.6 is 0 Å². The van der Waals surface area contributed by atoms with E-state index in [1.807, 2.05) is 0 Å². The molecule has 2 aromatic heterocycles. The van der Waals surface area contributed by atoms with E-state index in [0.717, 1.165) is 31.8 Å². The molecule has 1 amide bonds. The summed E-state index contributed by atoms with van der Waals surface area (Å²) in [6.45, 7) is 9.41. The number of halogens is 3. The van der Waals surface area contributed by atoms with Crippen LogP contribution in [-0.2, 0) is 22.2 Å². The number of nitrogens with one attached hydrogen (secondary N) is 1. The molecule has 242 valence electrons. The number of carbonyl (C=O) groups excluding carboxylic acids is 1. The molecule has 0 radical (unpaired) electrons. The van der Waals surface area contributed by atoms with Gasteiger partial charge in [-0.25, -0.2) is 14.8 Å². The van der Waals surface area contributed by atoms with Crippen molar-refractivity contribution in [2.24, 2.45) is 0 Å². The number of aliphatic hydroxyl groups excluding tert-OH is 1. The van der Waals surface area contributed by atoms with Crippen LogP contribution in [0.4, 0.5) is 23.8 Å². The van der Waals surface area contributed by atoms with E-state index >= 15 is 0 Å². The van der Waals surface area contributed by atoms with Crippen molar-refractivity contribution in [2.45, 2.75) is 45.2 Å². The van der Waals surface area contributed by atoms with Crippen molar-refractivity contribution in [1.29, 1.82) is 0 Å². The maximum absolute atomic E-state index is 13.1. The number of ether oxygens (including phenoxy) is 3. The van der Waals surface area contributed by atoms with Crippen LogP contribution in [0, 0.1) is 0 Å². The van der Waals surface area contributed by atoms with Gasteiger partial charge in [0.25, 0.3) is 0 Å². The molecule has 1 fully saturated rings. The van der Waals surface area contributed by atoms with Gasteiger partial charge in [-0.15, -0.1) is 0 Å². The van der Waals surface area contributed by atoms with Crippen LogP contribution in [0.3, 0.4) is 0 Å². The number of hydrogen-bond donors (Lipinski definition) is 2. The zero-order chi connectivity index (χ0) is 32.5. The first-order valence-electron chi connectivity index (χ1n) is 14.5. The number of aromatic amines is 1. The van der Waals surface area contributed by atoms with Gasteiger partial charge in [-0.05, 0) is 50.6 Å². The largest absolute Gasteiger partial charge is 0.491 e. The number of amides is 1. The minimum atomic E-state index is -4.47. The Morgan fingerprint density at radius 1 is 1.04 bits per heavy atom. The molecule has 1 aliphatic rings. The van der Waals surface area contributed by atoms with E-state index in [1.54, 1.807) is 45.2 Å². The molecule has 3 aromatic rings. The summed E-state index contributed by atoms with van der Waals surface area (Å²) in [5.41, 5.74) is -0.281. The van der Waals surface area contributed by atoms with E-state index in [9.17, 15) is 23.1 Å². The van der Waals surface area contributed by atoms with Crippen LogP contribution < -0.4 is 9.64 Å². The van der Waals surface area contributed by atoms with Gasteiger partial charge in [-0.1, -0.05) is 24.3 Å². The van der Waals surface area contributed by atoms with Crippen molar-refractivity contribution in [2.75, 3.05) is 44.4 Å². The summed E-state index contributed by atoms with van der Waals surface area (Å²) in [7, 11) is 0. The van der Waals surface area contributed by atoms with E-state index < -0.39 is 29.5 Å². The van der Waals surface area contributed by atoms with Gasteiger partial charge in [-0.2, -0.15) is 13.2 Å². The normalized spacial score (nSPS) is 14.7. The lowest BCUT2D eigenvalue weighted by Gasteiger charge is -2.27. The summed E-state index contributed by atoms with van der Waals surface area (Å²) in [4.78, 5) is 28.1. The highest BCUT2D eigenvalue weighted by atomic mass is 19.4. The topological polar surface area (TPSA) is 113 Å². The molecule has 1 aliphatic heterocycles. The number of aromatic nitrogens is 3. The van der Waals surface area contributed by atoms with E-state index in [2.05, 4.69) is 19.9 Å². The maximum atomic E-state index is 13.1. The first-order valence-corrected chi connectivity index (χ1v) is 14.5. The highest BCUT2D eigenvalue weighted by Crippen LogP contribution is 2.30. The molecule has 2 N–H and O–H groups in total. The molecular weight excluding hydrogens is 591 g/mol. The van der Waals surface area contributed by atoms with Crippen LogP contribution in [0.15, 0.2) is 73.4 Å². The zero-order valence-corrected chi connectivity index (χ0v) is 25.5. The van der Waals surface area contributed by atoms with Crippen LogP contribution in [-0.4, -0.2) is 76.1 Å². The molecular formula is C32H38F3N5O5. The third-order valence-electron chi connectivity index (χ3n) is 6.73. The number of benzene rings is 1. The Labute approximate surface area is 260 Å². The van der Waals surface area contributed by atoms with E-state index in [4.69, 9.17) is 14.2 Å². The molecule has 1 aromatic carbocycles. The van der Waals surface area contributed by atoms with Crippen molar-refractivity contribution >= 4 is 11.9 Å². The molecule has 1 atom stereocenters. The fourth-order valence-corrected chi connectivity index (χ4v) is 4.37. The molecule has 4 rings (SSSR count). The fraction of sp³-hybridized carbons (Fsp3) is 0.406. The quantitative estimate of drug-likeness (QED) is 0.311. The van der Waals surface area contributed by atoms with Crippen molar-refractivity contribution < 1.29 is 37.3 Å². The third-order valence-corrected chi connectivity index (χ3v) is 6.73. The van der Waals surface area contributed by atoms with E-state index in [-0.39, 0.29) is 12.4 Å². The summed E-state index contributed by atoms with van der Waals surface area (Å²) >= 11 is 0. The minimum absolute atomic E-state index is 0.0851. The second-order valence-corrected chi connectivity index (χ2v) is 11.4. The molecule has 45 heavy (non-hydrogen) atoms. The van der Waals surface area contributed by atoms with Gasteiger partial charge in [0.05, 0.1) is 31.6 Å². The lowest BCUT2D eigenvalue weighted by molar-refractivity contribution is -0.137. The Bertz CT molecular complexity index is 1430. The summed E-state index contributed by atoms with van der Waals surface area (Å²) < 4.78 is 56.0. The van der Waals surface area contributed by atoms with Gasteiger partial charge in [-0.3, -0.25) is 9.80 Å². The standard InChI is InChI=1S/C32H38F3N5O5/c1-31(2,3)45-30(42)40(21-23-4-8-26(9-5-23)32(33,34)35)28-11-7-25(19-38-28)29(41)24-6-10-27(20-37-22-36-18-24)44-17-14-39-12-15-43-16-13-39/h4-11,18-20,22,29,41H,12-17,21H2,1-3H3,(H,36,37). The zero-order valence-electron chi connectivity index (χ0n) is 25.5. The number of nitrogens with zero attached hydrogens (tertiary/aromatic N) is 4. The lowest BCUT2D eigenvalue weighted by Crippen LogP contribution is -2.38. The number of aliphatic hydroxyl groups is 1. The Balaban J connectivity index is 1.51. The maximum Gasteiger partial charge on any atom is 0.416 e. The predicted molar refractivity (Wildman–Crippen MR) is 161 cm³/mol. The highest BCUT2D eigenvalue weighted by Gasteiger charge is 2.30. The average Bonchev–Trinajstić information content (AvgIpc) is 3.11. The van der Waals surface area contributed by atoms with Gasteiger partial charge in [0.2, 0.25) is 0 Å².